The van der Waals surface area contributed by atoms with Crippen LogP contribution in [0.5, 0.6) is 11.5 Å². The molecule has 1 aromatic heterocycles. The highest BCUT2D eigenvalue weighted by Crippen LogP contribution is 2.37. The Kier molecular flexibility index (Phi) is 4.46. The summed E-state index contributed by atoms with van der Waals surface area (Å²) in [5, 5.41) is 2.69. The number of benzene rings is 1. The fourth-order valence-electron chi connectivity index (χ4n) is 3.32. The number of nitrogens with zero attached hydrogens (tertiary/aromatic N) is 1. The van der Waals surface area contributed by atoms with Gasteiger partial charge in [-0.2, -0.15) is 4.98 Å². The van der Waals surface area contributed by atoms with E-state index in [4.69, 9.17) is 31.1 Å². The first-order chi connectivity index (χ1) is 12.6. The fraction of sp³-hybridized carbons (Fsp3) is 0.444. The van der Waals surface area contributed by atoms with Gasteiger partial charge >= 0.3 is 4.84 Å². The highest BCUT2D eigenvalue weighted by Gasteiger charge is 2.36. The molecule has 1 atom stereocenters. The molecule has 2 heterocycles. The lowest BCUT2D eigenvalue weighted by Crippen LogP contribution is -2.24. The molecule has 8 heteroatoms. The first kappa shape index (κ1) is 17.1. The molecule has 26 heavy (non-hydrogen) atoms. The highest BCUT2D eigenvalue weighted by molar-refractivity contribution is 7.71. The van der Waals surface area contributed by atoms with Crippen molar-refractivity contribution in [1.82, 2.24) is 15.6 Å². The molecule has 1 aliphatic carbocycles. The lowest BCUT2D eigenvalue weighted by molar-refractivity contribution is -0.0319. The Bertz CT molecular complexity index is 885. The van der Waals surface area contributed by atoms with Gasteiger partial charge in [-0.25, -0.2) is 5.16 Å². The van der Waals surface area contributed by atoms with E-state index in [1.807, 2.05) is 31.2 Å². The minimum atomic E-state index is -0.803. The molecule has 2 aliphatic rings. The molecular weight excluding hydrogens is 354 g/mol. The van der Waals surface area contributed by atoms with Gasteiger partial charge in [0.2, 0.25) is 0 Å². The molecule has 1 aliphatic heterocycles. The summed E-state index contributed by atoms with van der Waals surface area (Å²) in [5.74, 6) is 1.97. The maximum Gasteiger partial charge on any atom is 0.314 e. The van der Waals surface area contributed by atoms with Crippen LogP contribution in [0.25, 0.3) is 5.70 Å². The van der Waals surface area contributed by atoms with E-state index in [9.17, 15) is 0 Å². The number of hydrogen-bond acceptors (Lipinski definition) is 7. The predicted octanol–water partition coefficient (Wildman–Crippen LogP) is 3.85. The number of aromatic nitrogens is 2. The number of nitrogens with one attached hydrogen (secondary N) is 2. The molecule has 0 spiro atoms. The maximum absolute atomic E-state index is 6.17. The number of H-pyrrole nitrogens is 1. The molecule has 7 nitrogen and oxygen atoms in total. The number of rotatable bonds is 5. The van der Waals surface area contributed by atoms with Gasteiger partial charge in [-0.1, -0.05) is 0 Å². The Balaban J connectivity index is 1.63. The van der Waals surface area contributed by atoms with Crippen molar-refractivity contribution >= 4 is 17.9 Å². The van der Waals surface area contributed by atoms with Gasteiger partial charge in [-0.15, -0.1) is 0 Å². The third-order valence-corrected chi connectivity index (χ3v) is 4.95. The van der Waals surface area contributed by atoms with Crippen LogP contribution >= 0.6 is 12.2 Å². The van der Waals surface area contributed by atoms with E-state index in [0.717, 1.165) is 35.6 Å². The van der Waals surface area contributed by atoms with Crippen molar-refractivity contribution in [2.45, 2.75) is 44.3 Å². The van der Waals surface area contributed by atoms with Gasteiger partial charge in [0.05, 0.1) is 18.9 Å². The zero-order valence-electron chi connectivity index (χ0n) is 14.7. The average molecular weight is 375 g/mol. The quantitative estimate of drug-likeness (QED) is 0.768. The Morgan fingerprint density at radius 1 is 1.27 bits per heavy atom. The smallest absolute Gasteiger partial charge is 0.314 e. The summed E-state index contributed by atoms with van der Waals surface area (Å²) in [5.41, 5.74) is 3.90. The third-order valence-electron chi connectivity index (χ3n) is 4.77. The van der Waals surface area contributed by atoms with Crippen molar-refractivity contribution in [3.8, 4) is 11.5 Å². The number of hydrogen-bond donors (Lipinski definition) is 2. The second-order valence-corrected chi connectivity index (χ2v) is 7.04. The van der Waals surface area contributed by atoms with Gasteiger partial charge in [-0.05, 0) is 69.1 Å². The molecule has 0 radical (unpaired) electrons. The highest BCUT2D eigenvalue weighted by atomic mass is 32.1. The molecule has 0 bridgehead atoms. The monoisotopic (exact) mass is 375 g/mol. The topological polar surface area (TPSA) is 81.5 Å². The Morgan fingerprint density at radius 3 is 2.77 bits per heavy atom. The molecule has 0 amide bonds. The molecule has 0 saturated heterocycles. The van der Waals surface area contributed by atoms with Crippen molar-refractivity contribution in [2.24, 2.45) is 0 Å². The lowest BCUT2D eigenvalue weighted by atomic mass is 10.0. The number of methoxy groups -OCH3 is 1. The van der Waals surface area contributed by atoms with E-state index in [1.54, 1.807) is 7.11 Å². The minimum absolute atomic E-state index is 0.142. The van der Waals surface area contributed by atoms with E-state index in [1.165, 1.54) is 12.8 Å². The zero-order valence-corrected chi connectivity index (χ0v) is 15.5. The molecule has 1 saturated carbocycles. The van der Waals surface area contributed by atoms with E-state index >= 15 is 0 Å². The third kappa shape index (κ3) is 3.22. The molecule has 2 N–H and O–H groups in total. The van der Waals surface area contributed by atoms with E-state index in [-0.39, 0.29) is 10.9 Å². The summed E-state index contributed by atoms with van der Waals surface area (Å²) < 4.78 is 16.6. The summed E-state index contributed by atoms with van der Waals surface area (Å²) in [6, 6.07) is 5.83. The number of hydroxylamine groups is 1. The van der Waals surface area contributed by atoms with E-state index in [0.29, 0.717) is 5.82 Å². The van der Waals surface area contributed by atoms with Crippen LogP contribution in [0, 0.1) is 4.84 Å². The molecule has 2 aromatic rings. The largest absolute Gasteiger partial charge is 0.493 e. The van der Waals surface area contributed by atoms with Gasteiger partial charge in [0.25, 0.3) is 0 Å². The first-order valence-corrected chi connectivity index (χ1v) is 9.06. The molecule has 4 rings (SSSR count). The SMILES string of the molecule is COc1ccc(C2=CC(C)(c3nc(=S)o[nH]3)ON2)cc1OC1CCCC1. The second kappa shape index (κ2) is 6.77. The fourth-order valence-corrected chi connectivity index (χ4v) is 3.45. The summed E-state index contributed by atoms with van der Waals surface area (Å²) in [6.45, 7) is 1.87. The molecule has 1 unspecified atom stereocenters. The molecule has 1 aromatic carbocycles. The Labute approximate surface area is 156 Å². The van der Waals surface area contributed by atoms with Crippen LogP contribution in [0.15, 0.2) is 28.8 Å². The van der Waals surface area contributed by atoms with Crippen LogP contribution in [0.4, 0.5) is 0 Å². The molecular formula is C18H21N3O4S. The summed E-state index contributed by atoms with van der Waals surface area (Å²) in [4.78, 5) is 10.0. The number of aromatic amines is 1. The van der Waals surface area contributed by atoms with Crippen molar-refractivity contribution in [2.75, 3.05) is 7.11 Å². The predicted molar refractivity (Wildman–Crippen MR) is 97.1 cm³/mol. The van der Waals surface area contributed by atoms with Crippen LogP contribution < -0.4 is 15.0 Å². The van der Waals surface area contributed by atoms with Gasteiger partial charge in [-0.3, -0.25) is 10.3 Å². The van der Waals surface area contributed by atoms with Crippen molar-refractivity contribution in [3.05, 3.63) is 40.5 Å². The van der Waals surface area contributed by atoms with Crippen LogP contribution in [0.2, 0.25) is 0 Å². The second-order valence-electron chi connectivity index (χ2n) is 6.69. The lowest BCUT2D eigenvalue weighted by Gasteiger charge is -2.17. The summed E-state index contributed by atoms with van der Waals surface area (Å²) >= 11 is 4.92. The van der Waals surface area contributed by atoms with E-state index < -0.39 is 5.60 Å². The van der Waals surface area contributed by atoms with Crippen LogP contribution in [-0.2, 0) is 10.4 Å². The van der Waals surface area contributed by atoms with Gasteiger partial charge in [0.1, 0.15) is 0 Å². The van der Waals surface area contributed by atoms with Gasteiger partial charge in [0.15, 0.2) is 22.9 Å². The van der Waals surface area contributed by atoms with Crippen LogP contribution in [0.1, 0.15) is 44.0 Å². The van der Waals surface area contributed by atoms with Gasteiger partial charge in [0, 0.05) is 5.56 Å². The Hall–Kier alpha value is -2.32. The minimum Gasteiger partial charge on any atom is -0.493 e. The normalized spacial score (nSPS) is 22.9. The zero-order chi connectivity index (χ0) is 18.1. The van der Waals surface area contributed by atoms with E-state index in [2.05, 4.69) is 15.6 Å². The van der Waals surface area contributed by atoms with Crippen molar-refractivity contribution in [1.29, 1.82) is 0 Å². The molecule has 1 fully saturated rings. The first-order valence-electron chi connectivity index (χ1n) is 8.65. The summed E-state index contributed by atoms with van der Waals surface area (Å²) in [6.07, 6.45) is 6.77. The summed E-state index contributed by atoms with van der Waals surface area (Å²) in [7, 11) is 1.65. The van der Waals surface area contributed by atoms with Crippen molar-refractivity contribution in [3.63, 3.8) is 0 Å². The average Bonchev–Trinajstić information content (AvgIpc) is 3.37. The van der Waals surface area contributed by atoms with Crippen LogP contribution in [-0.4, -0.2) is 23.4 Å². The molecule has 138 valence electrons. The number of ether oxygens (including phenoxy) is 2. The standard InChI is InChI=1S/C18H21N3O4S/c1-18(16-19-17(26)24-21-16)10-13(20-25-18)11-7-8-14(22-2)15(9-11)23-12-5-3-4-6-12/h7-10,12,20H,3-6H2,1-2H3,(H,19,21,26). The van der Waals surface area contributed by atoms with Crippen molar-refractivity contribution < 1.29 is 18.8 Å². The Morgan fingerprint density at radius 2 is 2.08 bits per heavy atom. The maximum atomic E-state index is 6.17. The van der Waals surface area contributed by atoms with Crippen LogP contribution in [0.3, 0.4) is 0 Å². The van der Waals surface area contributed by atoms with Gasteiger partial charge < -0.3 is 14.0 Å².